The van der Waals surface area contributed by atoms with E-state index in [1.54, 1.807) is 33.6 Å². The molecule has 2 heterocycles. The molecule has 4 aliphatic rings. The summed E-state index contributed by atoms with van der Waals surface area (Å²) in [5, 5.41) is 3.67. The van der Waals surface area contributed by atoms with Gasteiger partial charge in [-0.05, 0) is 112 Å². The molecule has 0 aromatic heterocycles. The highest BCUT2D eigenvalue weighted by Crippen LogP contribution is 2.56. The fourth-order valence-electron chi connectivity index (χ4n) is 11.2. The number of para-hydroxylation sites is 2. The van der Waals surface area contributed by atoms with Crippen LogP contribution in [-0.2, 0) is 0 Å². The largest absolute Gasteiger partial charge is 0.337 e. The van der Waals surface area contributed by atoms with Crippen LogP contribution in [0.15, 0.2) is 36.4 Å². The second-order valence-corrected chi connectivity index (χ2v) is 22.4. The quantitative estimate of drug-likeness (QED) is 0.276. The first-order chi connectivity index (χ1) is 23.6. The normalized spacial score (nSPS) is 22.5. The van der Waals surface area contributed by atoms with Gasteiger partial charge >= 0.3 is 0 Å². The predicted octanol–water partition coefficient (Wildman–Crippen LogP) is 12.3. The van der Waals surface area contributed by atoms with E-state index in [9.17, 15) is 0 Å². The molecule has 0 bridgehead atoms. The molecule has 4 fully saturated rings. The SMILES string of the molecule is CC(C)c1cccc(C(C)C)c1N1C(=[Si]=[Si]=C2N(c3c(C(C)C)cccc3C(C)C)C(C)(C)CC23CCCCC3)C2(CCCCC2)CC1(C)C. The van der Waals surface area contributed by atoms with Crippen LogP contribution in [0.4, 0.5) is 11.4 Å². The van der Waals surface area contributed by atoms with E-state index in [2.05, 4.69) is 129 Å². The second-order valence-electron chi connectivity index (χ2n) is 19.5. The van der Waals surface area contributed by atoms with Gasteiger partial charge in [-0.25, -0.2) is 0 Å². The van der Waals surface area contributed by atoms with Gasteiger partial charge in [-0.1, -0.05) is 130 Å². The van der Waals surface area contributed by atoms with Crippen molar-refractivity contribution in [2.75, 3.05) is 9.80 Å². The van der Waals surface area contributed by atoms with Gasteiger partial charge in [-0.2, -0.15) is 0 Å². The number of hydrogen-bond acceptors (Lipinski definition) is 2. The van der Waals surface area contributed by atoms with Crippen LogP contribution in [0.2, 0.25) is 0 Å². The van der Waals surface area contributed by atoms with Crippen molar-refractivity contribution in [3.05, 3.63) is 58.7 Å². The zero-order valence-electron chi connectivity index (χ0n) is 34.2. The highest BCUT2D eigenvalue weighted by atomic mass is 28.8. The van der Waals surface area contributed by atoms with Crippen LogP contribution >= 0.6 is 0 Å². The Morgan fingerprint density at radius 3 is 1.00 bits per heavy atom. The van der Waals surface area contributed by atoms with Gasteiger partial charge in [0.2, 0.25) is 0 Å². The lowest BCUT2D eigenvalue weighted by Crippen LogP contribution is -2.46. The predicted molar refractivity (Wildman–Crippen MR) is 224 cm³/mol. The molecule has 0 unspecified atom stereocenters. The molecular weight excluding hydrogens is 637 g/mol. The zero-order chi connectivity index (χ0) is 36.2. The number of nitrogens with zero attached hydrogens (tertiary/aromatic N) is 2. The van der Waals surface area contributed by atoms with Crippen molar-refractivity contribution < 1.29 is 0 Å². The number of anilines is 2. The summed E-state index contributed by atoms with van der Waals surface area (Å²) in [7, 11) is 1.71. The molecule has 4 heteroatoms. The zero-order valence-corrected chi connectivity index (χ0v) is 36.2. The molecule has 50 heavy (non-hydrogen) atoms. The summed E-state index contributed by atoms with van der Waals surface area (Å²) < 4.78 is 0. The lowest BCUT2D eigenvalue weighted by Gasteiger charge is -2.40. The Kier molecular flexibility index (Phi) is 10.8. The maximum Gasteiger partial charge on any atom is 0.0484 e. The average molecular weight is 707 g/mol. The maximum atomic E-state index is 3.01. The minimum Gasteiger partial charge on any atom is -0.337 e. The van der Waals surface area contributed by atoms with Gasteiger partial charge in [-0.3, -0.25) is 0 Å². The topological polar surface area (TPSA) is 6.48 Å². The number of hydrogen-bond donors (Lipinski definition) is 0. The van der Waals surface area contributed by atoms with E-state index in [1.807, 2.05) is 10.6 Å². The van der Waals surface area contributed by atoms with E-state index < -0.39 is 0 Å². The van der Waals surface area contributed by atoms with Gasteiger partial charge in [0.15, 0.2) is 0 Å². The van der Waals surface area contributed by atoms with Crippen LogP contribution in [0.1, 0.15) is 206 Å². The molecule has 2 spiro atoms. The summed E-state index contributed by atoms with van der Waals surface area (Å²) in [5.74, 6) is 2.01. The lowest BCUT2D eigenvalue weighted by atomic mass is 9.71. The molecule has 272 valence electrons. The van der Waals surface area contributed by atoms with Crippen LogP contribution in [0.3, 0.4) is 0 Å². The molecule has 2 saturated heterocycles. The average Bonchev–Trinajstić information content (AvgIpc) is 3.39. The highest BCUT2D eigenvalue weighted by molar-refractivity contribution is 6.86. The minimum atomic E-state index is 0.107. The molecule has 2 saturated carbocycles. The Morgan fingerprint density at radius 1 is 0.460 bits per heavy atom. The van der Waals surface area contributed by atoms with E-state index in [-0.39, 0.29) is 11.1 Å². The third kappa shape index (κ3) is 6.65. The maximum absolute atomic E-state index is 3.01. The summed E-state index contributed by atoms with van der Waals surface area (Å²) in [4.78, 5) is 6.02. The summed E-state index contributed by atoms with van der Waals surface area (Å²) in [6.45, 7) is 29.8. The van der Waals surface area contributed by atoms with Crippen molar-refractivity contribution in [1.29, 1.82) is 0 Å². The lowest BCUT2D eigenvalue weighted by molar-refractivity contribution is 0.255. The van der Waals surface area contributed by atoms with E-state index in [0.29, 0.717) is 34.5 Å². The smallest absolute Gasteiger partial charge is 0.0484 e. The van der Waals surface area contributed by atoms with Crippen LogP contribution < -0.4 is 9.80 Å². The first kappa shape index (κ1) is 38.0. The molecule has 6 rings (SSSR count). The molecule has 0 radical (unpaired) electrons. The monoisotopic (exact) mass is 707 g/mol. The van der Waals surface area contributed by atoms with Gasteiger partial charge in [-0.15, -0.1) is 0 Å². The first-order valence-corrected chi connectivity index (χ1v) is 23.7. The van der Waals surface area contributed by atoms with E-state index in [1.165, 1.54) is 77.0 Å². The summed E-state index contributed by atoms with van der Waals surface area (Å²) in [5.41, 5.74) is 10.2. The summed E-state index contributed by atoms with van der Waals surface area (Å²) in [6, 6.07) is 14.5. The van der Waals surface area contributed by atoms with Crippen molar-refractivity contribution in [3.8, 4) is 0 Å². The van der Waals surface area contributed by atoms with Crippen molar-refractivity contribution in [2.24, 2.45) is 10.8 Å². The first-order valence-electron chi connectivity index (χ1n) is 20.7. The molecular formula is C46H70N2Si2. The number of rotatable bonds is 6. The van der Waals surface area contributed by atoms with Crippen molar-refractivity contribution in [1.82, 2.24) is 0 Å². The van der Waals surface area contributed by atoms with Gasteiger partial charge in [0, 0.05) is 60.3 Å². The Morgan fingerprint density at radius 2 is 0.740 bits per heavy atom. The Hall–Kier alpha value is -1.79. The molecule has 0 atom stereocenters. The summed E-state index contributed by atoms with van der Waals surface area (Å²) >= 11 is 0. The Labute approximate surface area is 311 Å². The molecule has 2 aromatic rings. The van der Waals surface area contributed by atoms with Crippen LogP contribution in [0.5, 0.6) is 0 Å². The third-order valence-electron chi connectivity index (χ3n) is 13.3. The molecule has 0 amide bonds. The van der Waals surface area contributed by atoms with Crippen LogP contribution in [-0.4, -0.2) is 38.1 Å². The van der Waals surface area contributed by atoms with Crippen LogP contribution in [0.25, 0.3) is 0 Å². The molecule has 0 N–H and O–H groups in total. The third-order valence-corrected chi connectivity index (χ3v) is 17.2. The molecule has 2 aliphatic carbocycles. The van der Waals surface area contributed by atoms with E-state index in [0.717, 1.165) is 16.5 Å². The Bertz CT molecular complexity index is 1490. The fraction of sp³-hybridized carbons (Fsp3) is 0.696. The molecule has 2 nitrogen and oxygen atoms in total. The van der Waals surface area contributed by atoms with Gasteiger partial charge < -0.3 is 9.80 Å². The van der Waals surface area contributed by atoms with Crippen molar-refractivity contribution >= 4 is 38.4 Å². The van der Waals surface area contributed by atoms with E-state index >= 15 is 0 Å². The highest BCUT2D eigenvalue weighted by Gasteiger charge is 2.55. The van der Waals surface area contributed by atoms with Gasteiger partial charge in [0.1, 0.15) is 0 Å². The number of benzene rings is 2. The van der Waals surface area contributed by atoms with E-state index in [4.69, 9.17) is 0 Å². The second kappa shape index (κ2) is 14.2. The summed E-state index contributed by atoms with van der Waals surface area (Å²) in [6.07, 6.45) is 16.5. The standard InChI is InChI=1S/C46H70N2Si2/c1-31(2)35-21-19-22-36(32(3)4)39(35)47-41(45(29-43(47,9)10)25-15-13-16-26-45)49-50-42-46(27-17-14-18-28-46)30-44(11,12)48(42)40-37(33(5)6)23-20-24-38(40)34(7)8/h19-24,31-34H,13-18,25-30H2,1-12H3. The van der Waals surface area contributed by atoms with Gasteiger partial charge in [0.25, 0.3) is 0 Å². The van der Waals surface area contributed by atoms with Crippen LogP contribution in [0, 0.1) is 10.8 Å². The minimum absolute atomic E-state index is 0.107. The van der Waals surface area contributed by atoms with Gasteiger partial charge in [0.05, 0.1) is 0 Å². The van der Waals surface area contributed by atoms with Crippen molar-refractivity contribution in [3.63, 3.8) is 0 Å². The molecule has 2 aliphatic heterocycles. The molecule has 2 aromatic carbocycles. The van der Waals surface area contributed by atoms with Crippen molar-refractivity contribution in [2.45, 2.75) is 195 Å². The Balaban J connectivity index is 1.74. The fourth-order valence-corrected chi connectivity index (χ4v) is 16.7.